The van der Waals surface area contributed by atoms with Crippen molar-refractivity contribution in [1.82, 2.24) is 0 Å². The molecule has 0 aromatic heterocycles. The molecule has 0 fully saturated rings. The molecule has 0 aliphatic carbocycles. The fourth-order valence-corrected chi connectivity index (χ4v) is 0.986. The highest BCUT2D eigenvalue weighted by atomic mass is 16.6. The minimum absolute atomic E-state index is 0.176. The summed E-state index contributed by atoms with van der Waals surface area (Å²) in [6.45, 7) is 0.433. The minimum atomic E-state index is -0.215. The van der Waals surface area contributed by atoms with Crippen LogP contribution in [-0.2, 0) is 19.0 Å². The van der Waals surface area contributed by atoms with Crippen LogP contribution in [0.1, 0.15) is 6.42 Å². The van der Waals surface area contributed by atoms with Gasteiger partial charge in [0.1, 0.15) is 12.4 Å². The van der Waals surface area contributed by atoms with Gasteiger partial charge in [-0.05, 0) is 0 Å². The molecule has 0 bridgehead atoms. The molecule has 0 amide bonds. The molecule has 0 saturated carbocycles. The maximum absolute atomic E-state index is 10.2. The Hall–Kier alpha value is -0.450. The third kappa shape index (κ3) is 3.80. The monoisotopic (exact) mass is 176 g/mol. The van der Waals surface area contributed by atoms with Crippen molar-refractivity contribution in [3.8, 4) is 0 Å². The molecule has 0 radical (unpaired) electrons. The first-order valence-corrected chi connectivity index (χ1v) is 3.78. The third-order valence-electron chi connectivity index (χ3n) is 1.68. The number of ether oxygens (including phenoxy) is 3. The predicted octanol–water partition coefficient (Wildman–Crippen LogP) is 0.252. The van der Waals surface area contributed by atoms with Gasteiger partial charge in [0.05, 0.1) is 12.7 Å². The van der Waals surface area contributed by atoms with Crippen LogP contribution in [0.3, 0.4) is 0 Å². The number of methoxy groups -OCH3 is 3. The van der Waals surface area contributed by atoms with Crippen molar-refractivity contribution in [2.75, 3.05) is 27.9 Å². The number of carbonyl (C=O) groups is 1. The number of hydrogen-bond donors (Lipinski definition) is 0. The zero-order valence-electron chi connectivity index (χ0n) is 7.78. The SMILES string of the molecule is COC[C@@H](OC)[C@H](CC=O)OC. The zero-order valence-corrected chi connectivity index (χ0v) is 7.78. The van der Waals surface area contributed by atoms with E-state index in [-0.39, 0.29) is 12.2 Å². The van der Waals surface area contributed by atoms with Gasteiger partial charge in [0.2, 0.25) is 0 Å². The lowest BCUT2D eigenvalue weighted by molar-refractivity contribution is -0.115. The van der Waals surface area contributed by atoms with Gasteiger partial charge in [-0.2, -0.15) is 0 Å². The maximum atomic E-state index is 10.2. The summed E-state index contributed by atoms with van der Waals surface area (Å²) in [5.41, 5.74) is 0. The van der Waals surface area contributed by atoms with E-state index in [2.05, 4.69) is 0 Å². The standard InChI is InChI=1S/C8H16O4/c1-10-6-8(12-3)7(11-2)4-5-9/h5,7-8H,4,6H2,1-3H3/t7-,8+/m0/s1. The Kier molecular flexibility index (Phi) is 6.94. The molecular weight excluding hydrogens is 160 g/mol. The minimum Gasteiger partial charge on any atom is -0.382 e. The van der Waals surface area contributed by atoms with Crippen molar-refractivity contribution >= 4 is 6.29 Å². The summed E-state index contributed by atoms with van der Waals surface area (Å²) in [6, 6.07) is 0. The zero-order chi connectivity index (χ0) is 9.40. The van der Waals surface area contributed by atoms with E-state index in [9.17, 15) is 4.79 Å². The molecule has 0 spiro atoms. The van der Waals surface area contributed by atoms with Crippen molar-refractivity contribution in [2.45, 2.75) is 18.6 Å². The van der Waals surface area contributed by atoms with Gasteiger partial charge in [0.15, 0.2) is 0 Å². The van der Waals surface area contributed by atoms with Gasteiger partial charge in [0, 0.05) is 27.8 Å². The van der Waals surface area contributed by atoms with Crippen LogP contribution in [0.5, 0.6) is 0 Å². The number of rotatable bonds is 7. The number of aldehydes is 1. The van der Waals surface area contributed by atoms with Gasteiger partial charge in [-0.15, -0.1) is 0 Å². The molecule has 12 heavy (non-hydrogen) atoms. The first kappa shape index (κ1) is 11.6. The van der Waals surface area contributed by atoms with E-state index in [0.29, 0.717) is 13.0 Å². The molecule has 0 aromatic carbocycles. The summed E-state index contributed by atoms with van der Waals surface area (Å²) >= 11 is 0. The highest BCUT2D eigenvalue weighted by molar-refractivity contribution is 5.50. The van der Waals surface area contributed by atoms with Crippen LogP contribution >= 0.6 is 0 Å². The topological polar surface area (TPSA) is 44.8 Å². The van der Waals surface area contributed by atoms with Crippen molar-refractivity contribution < 1.29 is 19.0 Å². The second kappa shape index (κ2) is 7.21. The van der Waals surface area contributed by atoms with Crippen LogP contribution in [0.25, 0.3) is 0 Å². The summed E-state index contributed by atoms with van der Waals surface area (Å²) < 4.78 is 15.1. The van der Waals surface area contributed by atoms with E-state index in [1.165, 1.54) is 0 Å². The van der Waals surface area contributed by atoms with E-state index < -0.39 is 0 Å². The molecule has 0 aromatic rings. The Morgan fingerprint density at radius 2 is 1.75 bits per heavy atom. The van der Waals surface area contributed by atoms with Crippen molar-refractivity contribution in [3.05, 3.63) is 0 Å². The maximum Gasteiger partial charge on any atom is 0.122 e. The van der Waals surface area contributed by atoms with Crippen LogP contribution in [0, 0.1) is 0 Å². The van der Waals surface area contributed by atoms with E-state index in [0.717, 1.165) is 6.29 Å². The fraction of sp³-hybridized carbons (Fsp3) is 0.875. The largest absolute Gasteiger partial charge is 0.382 e. The van der Waals surface area contributed by atoms with Crippen molar-refractivity contribution in [3.63, 3.8) is 0 Å². The highest BCUT2D eigenvalue weighted by Crippen LogP contribution is 2.05. The second-order valence-electron chi connectivity index (χ2n) is 2.41. The van der Waals surface area contributed by atoms with Crippen LogP contribution in [0.4, 0.5) is 0 Å². The second-order valence-corrected chi connectivity index (χ2v) is 2.41. The molecular formula is C8H16O4. The molecule has 0 aliphatic rings. The van der Waals surface area contributed by atoms with Crippen LogP contribution in [0.15, 0.2) is 0 Å². The molecule has 0 rings (SSSR count). The van der Waals surface area contributed by atoms with Gasteiger partial charge in [-0.25, -0.2) is 0 Å². The molecule has 0 unspecified atom stereocenters. The lowest BCUT2D eigenvalue weighted by atomic mass is 10.1. The van der Waals surface area contributed by atoms with Crippen LogP contribution in [0.2, 0.25) is 0 Å². The fourth-order valence-electron chi connectivity index (χ4n) is 0.986. The lowest BCUT2D eigenvalue weighted by Gasteiger charge is -2.22. The number of hydrogen-bond acceptors (Lipinski definition) is 4. The third-order valence-corrected chi connectivity index (χ3v) is 1.68. The average Bonchev–Trinajstić information content (AvgIpc) is 2.11. The Morgan fingerprint density at radius 3 is 2.08 bits per heavy atom. The van der Waals surface area contributed by atoms with E-state index in [4.69, 9.17) is 14.2 Å². The molecule has 72 valence electrons. The van der Waals surface area contributed by atoms with Crippen LogP contribution in [-0.4, -0.2) is 46.4 Å². The molecule has 4 nitrogen and oxygen atoms in total. The van der Waals surface area contributed by atoms with Crippen molar-refractivity contribution in [1.29, 1.82) is 0 Å². The first-order chi connectivity index (χ1) is 5.79. The van der Waals surface area contributed by atoms with Gasteiger partial charge in [-0.1, -0.05) is 0 Å². The predicted molar refractivity (Wildman–Crippen MR) is 44.2 cm³/mol. The van der Waals surface area contributed by atoms with Crippen molar-refractivity contribution in [2.24, 2.45) is 0 Å². The quantitative estimate of drug-likeness (QED) is 0.522. The summed E-state index contributed by atoms with van der Waals surface area (Å²) in [4.78, 5) is 10.2. The Bertz CT molecular complexity index is 116. The van der Waals surface area contributed by atoms with E-state index in [1.54, 1.807) is 21.3 Å². The van der Waals surface area contributed by atoms with E-state index >= 15 is 0 Å². The van der Waals surface area contributed by atoms with Crippen LogP contribution < -0.4 is 0 Å². The van der Waals surface area contributed by atoms with Gasteiger partial charge < -0.3 is 19.0 Å². The Balaban J connectivity index is 3.92. The van der Waals surface area contributed by atoms with Gasteiger partial charge in [-0.3, -0.25) is 0 Å². The molecule has 0 aliphatic heterocycles. The lowest BCUT2D eigenvalue weighted by Crippen LogP contribution is -2.34. The summed E-state index contributed by atoms with van der Waals surface area (Å²) in [6.07, 6.45) is 0.756. The van der Waals surface area contributed by atoms with Gasteiger partial charge in [0.25, 0.3) is 0 Å². The molecule has 0 heterocycles. The summed E-state index contributed by atoms with van der Waals surface area (Å²) in [5, 5.41) is 0. The Morgan fingerprint density at radius 1 is 1.17 bits per heavy atom. The normalized spacial score (nSPS) is 15.6. The smallest absolute Gasteiger partial charge is 0.122 e. The first-order valence-electron chi connectivity index (χ1n) is 3.78. The molecule has 0 saturated heterocycles. The summed E-state index contributed by atoms with van der Waals surface area (Å²) in [7, 11) is 4.70. The van der Waals surface area contributed by atoms with Gasteiger partial charge >= 0.3 is 0 Å². The van der Waals surface area contributed by atoms with E-state index in [1.807, 2.05) is 0 Å². The molecule has 2 atom stereocenters. The summed E-state index contributed by atoms with van der Waals surface area (Å²) in [5.74, 6) is 0. The Labute approximate surface area is 72.8 Å². The highest BCUT2D eigenvalue weighted by Gasteiger charge is 2.19. The molecule has 0 N–H and O–H groups in total. The average molecular weight is 176 g/mol. The molecule has 4 heteroatoms. The number of carbonyl (C=O) groups excluding carboxylic acids is 1.